The number of imidazole rings is 1. The third-order valence-corrected chi connectivity index (χ3v) is 1.60. The fourth-order valence-electron chi connectivity index (χ4n) is 1.08. The highest BCUT2D eigenvalue weighted by Crippen LogP contribution is 2.09. The van der Waals surface area contributed by atoms with Gasteiger partial charge in [-0.2, -0.15) is 5.26 Å². The first-order valence-electron chi connectivity index (χ1n) is 3.66. The molecule has 0 aliphatic carbocycles. The van der Waals surface area contributed by atoms with Crippen molar-refractivity contribution < 1.29 is 4.39 Å². The van der Waals surface area contributed by atoms with Crippen LogP contribution in [0.2, 0.25) is 0 Å². The van der Waals surface area contributed by atoms with Gasteiger partial charge >= 0.3 is 0 Å². The molecule has 0 aliphatic heterocycles. The van der Waals surface area contributed by atoms with Gasteiger partial charge in [0, 0.05) is 6.07 Å². The summed E-state index contributed by atoms with van der Waals surface area (Å²) in [5, 5.41) is 8.39. The molecular formula is C8H5FN4. The highest BCUT2D eigenvalue weighted by Gasteiger charge is 2.03. The second-order valence-corrected chi connectivity index (χ2v) is 2.54. The molecule has 0 spiro atoms. The Morgan fingerprint density at radius 2 is 2.46 bits per heavy atom. The molecule has 0 aliphatic rings. The van der Waals surface area contributed by atoms with Crippen molar-refractivity contribution in [2.45, 2.75) is 6.42 Å². The Morgan fingerprint density at radius 1 is 1.62 bits per heavy atom. The third kappa shape index (κ3) is 1.34. The maximum absolute atomic E-state index is 12.7. The van der Waals surface area contributed by atoms with Crippen LogP contribution in [0, 0.1) is 17.1 Å². The number of hydrogen-bond acceptors (Lipinski definition) is 3. The topological polar surface area (TPSA) is 65.4 Å². The molecule has 0 saturated carbocycles. The number of H-pyrrole nitrogens is 1. The van der Waals surface area contributed by atoms with E-state index < -0.39 is 5.82 Å². The van der Waals surface area contributed by atoms with Crippen molar-refractivity contribution in [3.63, 3.8) is 0 Å². The number of hydrogen-bond donors (Lipinski definition) is 1. The Labute approximate surface area is 73.0 Å². The molecule has 0 radical (unpaired) electrons. The molecule has 0 unspecified atom stereocenters. The Bertz CT molecular complexity index is 482. The zero-order valence-electron chi connectivity index (χ0n) is 6.58. The van der Waals surface area contributed by atoms with Gasteiger partial charge in [-0.3, -0.25) is 0 Å². The lowest BCUT2D eigenvalue weighted by Gasteiger charge is -1.85. The second kappa shape index (κ2) is 2.83. The second-order valence-electron chi connectivity index (χ2n) is 2.54. The van der Waals surface area contributed by atoms with E-state index in [4.69, 9.17) is 5.26 Å². The van der Waals surface area contributed by atoms with Gasteiger partial charge in [0.25, 0.3) is 0 Å². The largest absolute Gasteiger partial charge is 0.340 e. The van der Waals surface area contributed by atoms with Gasteiger partial charge in [-0.1, -0.05) is 0 Å². The summed E-state index contributed by atoms with van der Waals surface area (Å²) >= 11 is 0. The first kappa shape index (κ1) is 7.68. The molecule has 0 saturated heterocycles. The highest BCUT2D eigenvalue weighted by atomic mass is 19.1. The van der Waals surface area contributed by atoms with E-state index in [0.717, 1.165) is 6.20 Å². The standard InChI is InChI=1S/C8H5FN4/c9-5-3-6-8(11-4-5)13-7(12-6)1-2-10/h3-4H,1H2,(H,11,12,13). The number of nitrogens with zero attached hydrogens (tertiary/aromatic N) is 3. The highest BCUT2D eigenvalue weighted by molar-refractivity contribution is 5.70. The van der Waals surface area contributed by atoms with Crippen LogP contribution < -0.4 is 0 Å². The fourth-order valence-corrected chi connectivity index (χ4v) is 1.08. The van der Waals surface area contributed by atoms with Crippen molar-refractivity contribution >= 4 is 11.2 Å². The third-order valence-electron chi connectivity index (χ3n) is 1.60. The zero-order valence-corrected chi connectivity index (χ0v) is 6.58. The number of fused-ring (bicyclic) bond motifs is 1. The number of nitrogens with one attached hydrogen (secondary N) is 1. The lowest BCUT2D eigenvalue weighted by Crippen LogP contribution is -1.82. The lowest BCUT2D eigenvalue weighted by molar-refractivity contribution is 0.624. The molecule has 2 aromatic heterocycles. The summed E-state index contributed by atoms with van der Waals surface area (Å²) in [6.07, 6.45) is 1.28. The summed E-state index contributed by atoms with van der Waals surface area (Å²) in [6.45, 7) is 0. The minimum atomic E-state index is -0.417. The quantitative estimate of drug-likeness (QED) is 0.709. The average Bonchev–Trinajstić information content (AvgIpc) is 2.46. The maximum Gasteiger partial charge on any atom is 0.177 e. The number of aromatic nitrogens is 3. The Morgan fingerprint density at radius 3 is 3.23 bits per heavy atom. The van der Waals surface area contributed by atoms with E-state index in [-0.39, 0.29) is 6.42 Å². The van der Waals surface area contributed by atoms with E-state index in [0.29, 0.717) is 17.0 Å². The summed E-state index contributed by atoms with van der Waals surface area (Å²) in [6, 6.07) is 3.25. The van der Waals surface area contributed by atoms with Gasteiger partial charge in [0.1, 0.15) is 11.6 Å². The molecular weight excluding hydrogens is 171 g/mol. The van der Waals surface area contributed by atoms with Crippen LogP contribution in [0.1, 0.15) is 5.82 Å². The van der Waals surface area contributed by atoms with Crippen LogP contribution in [0.3, 0.4) is 0 Å². The Hall–Kier alpha value is -1.96. The SMILES string of the molecule is N#CCc1nc2ncc(F)cc2[nH]1. The van der Waals surface area contributed by atoms with Crippen LogP contribution in [0.25, 0.3) is 11.2 Å². The first-order chi connectivity index (χ1) is 6.29. The average molecular weight is 176 g/mol. The molecule has 13 heavy (non-hydrogen) atoms. The molecule has 0 fully saturated rings. The van der Waals surface area contributed by atoms with Crippen LogP contribution in [0.4, 0.5) is 4.39 Å². The smallest absolute Gasteiger partial charge is 0.177 e. The normalized spacial score (nSPS) is 10.2. The molecule has 0 bridgehead atoms. The van der Waals surface area contributed by atoms with Gasteiger partial charge in [0.05, 0.1) is 24.2 Å². The summed E-state index contributed by atoms with van der Waals surface area (Å²) in [4.78, 5) is 10.5. The van der Waals surface area contributed by atoms with Gasteiger partial charge in [0.15, 0.2) is 5.65 Å². The van der Waals surface area contributed by atoms with Crippen LogP contribution in [-0.4, -0.2) is 15.0 Å². The van der Waals surface area contributed by atoms with Gasteiger partial charge in [0.2, 0.25) is 0 Å². The van der Waals surface area contributed by atoms with Gasteiger partial charge in [-0.15, -0.1) is 0 Å². The van der Waals surface area contributed by atoms with Crippen LogP contribution in [0.15, 0.2) is 12.3 Å². The maximum atomic E-state index is 12.7. The van der Waals surface area contributed by atoms with Crippen molar-refractivity contribution in [1.82, 2.24) is 15.0 Å². The number of rotatable bonds is 1. The predicted octanol–water partition coefficient (Wildman–Crippen LogP) is 1.16. The molecule has 1 N–H and O–H groups in total. The van der Waals surface area contributed by atoms with E-state index in [1.807, 2.05) is 6.07 Å². The molecule has 4 nitrogen and oxygen atoms in total. The van der Waals surface area contributed by atoms with E-state index in [1.54, 1.807) is 0 Å². The molecule has 5 heteroatoms. The predicted molar refractivity (Wildman–Crippen MR) is 43.2 cm³/mol. The lowest BCUT2D eigenvalue weighted by atomic mass is 10.4. The van der Waals surface area contributed by atoms with E-state index >= 15 is 0 Å². The van der Waals surface area contributed by atoms with E-state index in [9.17, 15) is 4.39 Å². The summed E-state index contributed by atoms with van der Waals surface area (Å²) in [5.41, 5.74) is 0.955. The van der Waals surface area contributed by atoms with Crippen molar-refractivity contribution in [2.75, 3.05) is 0 Å². The van der Waals surface area contributed by atoms with Crippen LogP contribution in [0.5, 0.6) is 0 Å². The summed E-state index contributed by atoms with van der Waals surface area (Å²) in [7, 11) is 0. The van der Waals surface area contributed by atoms with Crippen LogP contribution >= 0.6 is 0 Å². The van der Waals surface area contributed by atoms with E-state index in [2.05, 4.69) is 15.0 Å². The van der Waals surface area contributed by atoms with Crippen molar-refractivity contribution in [3.05, 3.63) is 23.9 Å². The Kier molecular flexibility index (Phi) is 1.67. The summed E-state index contributed by atoms with van der Waals surface area (Å²) < 4.78 is 12.7. The monoisotopic (exact) mass is 176 g/mol. The molecule has 0 aromatic carbocycles. The van der Waals surface area contributed by atoms with Gasteiger partial charge in [-0.25, -0.2) is 14.4 Å². The van der Waals surface area contributed by atoms with Gasteiger partial charge < -0.3 is 4.98 Å². The first-order valence-corrected chi connectivity index (χ1v) is 3.66. The number of pyridine rings is 1. The molecule has 0 atom stereocenters. The number of halogens is 1. The fraction of sp³-hybridized carbons (Fsp3) is 0.125. The van der Waals surface area contributed by atoms with E-state index in [1.165, 1.54) is 6.07 Å². The minimum absolute atomic E-state index is 0.179. The molecule has 2 aromatic rings. The summed E-state index contributed by atoms with van der Waals surface area (Å²) in [5.74, 6) is 0.0928. The molecule has 0 amide bonds. The number of aromatic amines is 1. The van der Waals surface area contributed by atoms with Crippen LogP contribution in [-0.2, 0) is 6.42 Å². The molecule has 64 valence electrons. The molecule has 2 heterocycles. The number of nitriles is 1. The van der Waals surface area contributed by atoms with Crippen molar-refractivity contribution in [2.24, 2.45) is 0 Å². The zero-order chi connectivity index (χ0) is 9.26. The minimum Gasteiger partial charge on any atom is -0.340 e. The Balaban J connectivity index is 2.57. The van der Waals surface area contributed by atoms with Gasteiger partial charge in [-0.05, 0) is 0 Å². The molecule has 2 rings (SSSR count). The van der Waals surface area contributed by atoms with Crippen molar-refractivity contribution in [3.8, 4) is 6.07 Å². The van der Waals surface area contributed by atoms with Crippen molar-refractivity contribution in [1.29, 1.82) is 5.26 Å².